The molecule has 3 heteroatoms. The first-order valence-electron chi connectivity index (χ1n) is 7.00. The second kappa shape index (κ2) is 5.67. The number of hydrogen-bond donors (Lipinski definition) is 1. The predicted octanol–water partition coefficient (Wildman–Crippen LogP) is 2.82. The number of nitrogens with one attached hydrogen (secondary N) is 1. The van der Waals surface area contributed by atoms with E-state index < -0.39 is 0 Å². The van der Waals surface area contributed by atoms with E-state index in [1.807, 2.05) is 11.7 Å². The normalized spacial score (nSPS) is 18.1. The van der Waals surface area contributed by atoms with Crippen molar-refractivity contribution in [3.63, 3.8) is 0 Å². The Morgan fingerprint density at radius 1 is 1.47 bits per heavy atom. The molecule has 0 aromatic carbocycles. The summed E-state index contributed by atoms with van der Waals surface area (Å²) in [5.41, 5.74) is 2.68. The molecule has 1 aliphatic rings. The topological polar surface area (TPSA) is 29.9 Å². The Bertz CT molecular complexity index is 352. The van der Waals surface area contributed by atoms with Gasteiger partial charge in [0.1, 0.15) is 0 Å². The zero-order valence-corrected chi connectivity index (χ0v) is 11.4. The Hall–Kier alpha value is -0.830. The molecular formula is C14H25N3. The Labute approximate surface area is 105 Å². The van der Waals surface area contributed by atoms with Crippen molar-refractivity contribution >= 4 is 0 Å². The van der Waals surface area contributed by atoms with Crippen LogP contribution in [0.4, 0.5) is 0 Å². The molecule has 1 atom stereocenters. The van der Waals surface area contributed by atoms with Crippen molar-refractivity contribution in [3.05, 3.63) is 17.5 Å². The maximum Gasteiger partial charge on any atom is 0.0669 e. The summed E-state index contributed by atoms with van der Waals surface area (Å²) in [4.78, 5) is 0. The highest BCUT2D eigenvalue weighted by Crippen LogP contribution is 2.35. The van der Waals surface area contributed by atoms with Crippen LogP contribution in [0.2, 0.25) is 0 Å². The van der Waals surface area contributed by atoms with E-state index >= 15 is 0 Å². The molecule has 0 radical (unpaired) electrons. The van der Waals surface area contributed by atoms with Crippen molar-refractivity contribution in [3.8, 4) is 0 Å². The van der Waals surface area contributed by atoms with Gasteiger partial charge in [0, 0.05) is 24.8 Å². The van der Waals surface area contributed by atoms with Gasteiger partial charge in [-0.05, 0) is 25.3 Å². The fourth-order valence-corrected chi connectivity index (χ4v) is 2.75. The molecule has 0 saturated heterocycles. The van der Waals surface area contributed by atoms with Crippen molar-refractivity contribution in [2.24, 2.45) is 13.0 Å². The first-order chi connectivity index (χ1) is 8.24. The quantitative estimate of drug-likeness (QED) is 0.821. The Morgan fingerprint density at radius 3 is 2.76 bits per heavy atom. The third kappa shape index (κ3) is 2.89. The van der Waals surface area contributed by atoms with E-state index in [-0.39, 0.29) is 0 Å². The molecule has 17 heavy (non-hydrogen) atoms. The van der Waals surface area contributed by atoms with Crippen LogP contribution in [0.15, 0.2) is 6.20 Å². The van der Waals surface area contributed by atoms with Crippen molar-refractivity contribution in [1.29, 1.82) is 0 Å². The summed E-state index contributed by atoms with van der Waals surface area (Å²) in [6, 6.07) is 0.508. The summed E-state index contributed by atoms with van der Waals surface area (Å²) in [5, 5.41) is 8.19. The van der Waals surface area contributed by atoms with Gasteiger partial charge < -0.3 is 5.32 Å². The lowest BCUT2D eigenvalue weighted by atomic mass is 9.79. The molecule has 1 aliphatic carbocycles. The number of aryl methyl sites for hydroxylation is 2. The van der Waals surface area contributed by atoms with Crippen LogP contribution in [0.25, 0.3) is 0 Å². The van der Waals surface area contributed by atoms with E-state index in [1.165, 1.54) is 36.9 Å². The molecule has 1 unspecified atom stereocenters. The summed E-state index contributed by atoms with van der Waals surface area (Å²) in [5.74, 6) is 0.934. The van der Waals surface area contributed by atoms with Crippen LogP contribution in [-0.4, -0.2) is 16.3 Å². The third-order valence-corrected chi connectivity index (χ3v) is 3.89. The Balaban J connectivity index is 2.11. The van der Waals surface area contributed by atoms with Gasteiger partial charge in [-0.25, -0.2) is 0 Å². The van der Waals surface area contributed by atoms with Crippen LogP contribution in [-0.2, 0) is 13.5 Å². The third-order valence-electron chi connectivity index (χ3n) is 3.89. The fraction of sp³-hybridized carbons (Fsp3) is 0.786. The molecule has 2 rings (SSSR count). The van der Waals surface area contributed by atoms with Gasteiger partial charge in [0.2, 0.25) is 0 Å². The fourth-order valence-electron chi connectivity index (χ4n) is 2.75. The zero-order chi connectivity index (χ0) is 12.3. The van der Waals surface area contributed by atoms with Crippen molar-refractivity contribution in [2.75, 3.05) is 6.54 Å². The standard InChI is InChI=1S/C14H25N3/c1-4-13-12(10-17(3)16-13)14(15-5-2)9-11-7-6-8-11/h10-11,14-15H,4-9H2,1-3H3. The highest BCUT2D eigenvalue weighted by atomic mass is 15.3. The average molecular weight is 235 g/mol. The van der Waals surface area contributed by atoms with Crippen LogP contribution in [0.3, 0.4) is 0 Å². The van der Waals surface area contributed by atoms with Gasteiger partial charge in [0.25, 0.3) is 0 Å². The maximum atomic E-state index is 4.56. The SMILES string of the molecule is CCNC(CC1CCC1)c1cn(C)nc1CC. The van der Waals surface area contributed by atoms with Crippen LogP contribution in [0, 0.1) is 5.92 Å². The smallest absolute Gasteiger partial charge is 0.0669 e. The molecule has 1 N–H and O–H groups in total. The van der Waals surface area contributed by atoms with E-state index in [0.29, 0.717) is 6.04 Å². The molecule has 1 saturated carbocycles. The van der Waals surface area contributed by atoms with Crippen LogP contribution in [0.5, 0.6) is 0 Å². The van der Waals surface area contributed by atoms with E-state index in [1.54, 1.807) is 0 Å². The summed E-state index contributed by atoms with van der Waals surface area (Å²) in [6.07, 6.45) is 8.78. The first-order valence-corrected chi connectivity index (χ1v) is 7.00. The molecule has 1 heterocycles. The monoisotopic (exact) mass is 235 g/mol. The summed E-state index contributed by atoms with van der Waals surface area (Å²) >= 11 is 0. The van der Waals surface area contributed by atoms with Gasteiger partial charge in [-0.1, -0.05) is 33.1 Å². The molecule has 96 valence electrons. The van der Waals surface area contributed by atoms with Crippen molar-refractivity contribution < 1.29 is 0 Å². The maximum absolute atomic E-state index is 4.56. The van der Waals surface area contributed by atoms with E-state index in [4.69, 9.17) is 0 Å². The molecule has 0 aliphatic heterocycles. The highest BCUT2D eigenvalue weighted by Gasteiger charge is 2.24. The largest absolute Gasteiger partial charge is 0.310 e. The van der Waals surface area contributed by atoms with Crippen LogP contribution in [0.1, 0.15) is 56.8 Å². The van der Waals surface area contributed by atoms with Gasteiger partial charge in [-0.15, -0.1) is 0 Å². The predicted molar refractivity (Wildman–Crippen MR) is 71.0 cm³/mol. The summed E-state index contributed by atoms with van der Waals surface area (Å²) in [6.45, 7) is 5.42. The lowest BCUT2D eigenvalue weighted by Gasteiger charge is -2.30. The second-order valence-corrected chi connectivity index (χ2v) is 5.20. The van der Waals surface area contributed by atoms with E-state index in [9.17, 15) is 0 Å². The van der Waals surface area contributed by atoms with Gasteiger partial charge in [0.05, 0.1) is 5.69 Å². The molecule has 1 aromatic rings. The summed E-state index contributed by atoms with van der Waals surface area (Å²) in [7, 11) is 2.02. The Morgan fingerprint density at radius 2 is 2.24 bits per heavy atom. The minimum absolute atomic E-state index is 0.508. The second-order valence-electron chi connectivity index (χ2n) is 5.20. The van der Waals surface area contributed by atoms with Crippen molar-refractivity contribution in [1.82, 2.24) is 15.1 Å². The van der Waals surface area contributed by atoms with Gasteiger partial charge >= 0.3 is 0 Å². The average Bonchev–Trinajstić information content (AvgIpc) is 2.63. The van der Waals surface area contributed by atoms with Crippen LogP contribution >= 0.6 is 0 Å². The zero-order valence-electron chi connectivity index (χ0n) is 11.4. The minimum Gasteiger partial charge on any atom is -0.310 e. The molecule has 1 fully saturated rings. The molecule has 1 aromatic heterocycles. The minimum atomic E-state index is 0.508. The first kappa shape index (κ1) is 12.6. The van der Waals surface area contributed by atoms with Crippen LogP contribution < -0.4 is 5.32 Å². The molecule has 3 nitrogen and oxygen atoms in total. The molecular weight excluding hydrogens is 210 g/mol. The van der Waals surface area contributed by atoms with Gasteiger partial charge in [-0.3, -0.25) is 4.68 Å². The number of rotatable bonds is 6. The van der Waals surface area contributed by atoms with Gasteiger partial charge in [0.15, 0.2) is 0 Å². The van der Waals surface area contributed by atoms with E-state index in [0.717, 1.165) is 18.9 Å². The highest BCUT2D eigenvalue weighted by molar-refractivity contribution is 5.21. The molecule has 0 amide bonds. The van der Waals surface area contributed by atoms with E-state index in [2.05, 4.69) is 30.5 Å². The lowest BCUT2D eigenvalue weighted by Crippen LogP contribution is -2.26. The van der Waals surface area contributed by atoms with Gasteiger partial charge in [-0.2, -0.15) is 5.10 Å². The number of hydrogen-bond acceptors (Lipinski definition) is 2. The Kier molecular flexibility index (Phi) is 4.21. The number of aromatic nitrogens is 2. The number of nitrogens with zero attached hydrogens (tertiary/aromatic N) is 2. The lowest BCUT2D eigenvalue weighted by molar-refractivity contribution is 0.262. The van der Waals surface area contributed by atoms with Crippen molar-refractivity contribution in [2.45, 2.75) is 52.0 Å². The molecule has 0 bridgehead atoms. The summed E-state index contributed by atoms with van der Waals surface area (Å²) < 4.78 is 1.96. The molecule has 0 spiro atoms.